The molecule has 1 aliphatic heterocycles. The summed E-state index contributed by atoms with van der Waals surface area (Å²) in [5.74, 6) is 0.677. The second-order valence-electron chi connectivity index (χ2n) is 2.62. The fourth-order valence-electron chi connectivity index (χ4n) is 0.831. The molecule has 2 nitrogen and oxygen atoms in total. The molecular formula is C6H12N2S. The average Bonchev–Trinajstić information content (AvgIpc) is 1.80. The molecule has 1 aliphatic rings. The highest BCUT2D eigenvalue weighted by Crippen LogP contribution is 2.03. The van der Waals surface area contributed by atoms with Crippen molar-refractivity contribution in [1.29, 1.82) is 0 Å². The number of hydrogen-bond acceptors (Lipinski definition) is 1. The third kappa shape index (κ3) is 1.55. The first-order valence-electron chi connectivity index (χ1n) is 3.24. The minimum absolute atomic E-state index is 0.527. The van der Waals surface area contributed by atoms with E-state index in [4.69, 9.17) is 12.2 Å². The number of thiocarbonyl (C=S) groups is 1. The summed E-state index contributed by atoms with van der Waals surface area (Å²) in [5, 5.41) is 7.02. The van der Waals surface area contributed by atoms with Crippen LogP contribution < -0.4 is 10.6 Å². The largest absolute Gasteiger partial charge is 0.362 e. The van der Waals surface area contributed by atoms with E-state index < -0.39 is 0 Å². The lowest BCUT2D eigenvalue weighted by Crippen LogP contribution is -2.52. The molecule has 1 saturated heterocycles. The summed E-state index contributed by atoms with van der Waals surface area (Å²) in [6.45, 7) is 5.36. The van der Waals surface area contributed by atoms with Gasteiger partial charge in [0.05, 0.1) is 0 Å². The molecule has 3 heteroatoms. The van der Waals surface area contributed by atoms with E-state index in [-0.39, 0.29) is 0 Å². The van der Waals surface area contributed by atoms with Gasteiger partial charge in [-0.15, -0.1) is 0 Å². The first-order valence-corrected chi connectivity index (χ1v) is 3.65. The van der Waals surface area contributed by atoms with Crippen LogP contribution in [-0.4, -0.2) is 17.7 Å². The van der Waals surface area contributed by atoms with E-state index in [1.165, 1.54) is 0 Å². The maximum atomic E-state index is 4.91. The fourth-order valence-corrected chi connectivity index (χ4v) is 1.10. The molecule has 0 spiro atoms. The molecule has 0 aliphatic carbocycles. The predicted molar refractivity (Wildman–Crippen MR) is 42.4 cm³/mol. The molecule has 1 rings (SSSR count). The molecule has 9 heavy (non-hydrogen) atoms. The molecule has 0 aromatic rings. The second-order valence-corrected chi connectivity index (χ2v) is 3.03. The van der Waals surface area contributed by atoms with Gasteiger partial charge in [0.15, 0.2) is 5.11 Å². The maximum absolute atomic E-state index is 4.91. The van der Waals surface area contributed by atoms with E-state index in [0.29, 0.717) is 12.0 Å². The smallest absolute Gasteiger partial charge is 0.166 e. The lowest BCUT2D eigenvalue weighted by Gasteiger charge is -2.29. The topological polar surface area (TPSA) is 24.1 Å². The van der Waals surface area contributed by atoms with Crippen LogP contribution in [0.5, 0.6) is 0 Å². The van der Waals surface area contributed by atoms with Crippen molar-refractivity contribution >= 4 is 17.3 Å². The maximum Gasteiger partial charge on any atom is 0.166 e. The van der Waals surface area contributed by atoms with Gasteiger partial charge in [-0.05, 0) is 25.1 Å². The zero-order chi connectivity index (χ0) is 6.85. The molecular weight excluding hydrogens is 132 g/mol. The molecule has 0 saturated carbocycles. The Morgan fingerprint density at radius 1 is 1.56 bits per heavy atom. The van der Waals surface area contributed by atoms with E-state index in [9.17, 15) is 0 Å². The summed E-state index contributed by atoms with van der Waals surface area (Å²) in [7, 11) is 0. The average molecular weight is 144 g/mol. The Labute approximate surface area is 61.0 Å². The monoisotopic (exact) mass is 144 g/mol. The molecule has 0 radical (unpaired) electrons. The first kappa shape index (κ1) is 6.81. The van der Waals surface area contributed by atoms with E-state index in [2.05, 4.69) is 24.5 Å². The molecule has 52 valence electrons. The highest BCUT2D eigenvalue weighted by atomic mass is 32.1. The Kier molecular flexibility index (Phi) is 1.90. The Morgan fingerprint density at radius 2 is 2.22 bits per heavy atom. The number of nitrogens with one attached hydrogen (secondary N) is 2. The summed E-state index contributed by atoms with van der Waals surface area (Å²) in [5.41, 5.74) is 0. The highest BCUT2D eigenvalue weighted by Gasteiger charge is 2.17. The summed E-state index contributed by atoms with van der Waals surface area (Å²) in [6, 6.07) is 0.527. The number of hydrogen-bond donors (Lipinski definition) is 2. The molecule has 2 N–H and O–H groups in total. The molecule has 0 bridgehead atoms. The van der Waals surface area contributed by atoms with Gasteiger partial charge in [-0.3, -0.25) is 0 Å². The molecule has 1 fully saturated rings. The fraction of sp³-hybridized carbons (Fsp3) is 0.833. The first-order chi connectivity index (χ1) is 4.20. The van der Waals surface area contributed by atoms with E-state index in [1.807, 2.05) is 0 Å². The van der Waals surface area contributed by atoms with Crippen molar-refractivity contribution in [2.75, 3.05) is 6.54 Å². The van der Waals surface area contributed by atoms with Crippen molar-refractivity contribution < 1.29 is 0 Å². The lowest BCUT2D eigenvalue weighted by molar-refractivity contribution is 0.412. The van der Waals surface area contributed by atoms with Crippen molar-refractivity contribution in [3.05, 3.63) is 0 Å². The summed E-state index contributed by atoms with van der Waals surface area (Å²) in [6.07, 6.45) is 0. The normalized spacial score (nSPS) is 35.1. The van der Waals surface area contributed by atoms with Gasteiger partial charge in [-0.1, -0.05) is 6.92 Å². The van der Waals surface area contributed by atoms with Crippen molar-refractivity contribution in [1.82, 2.24) is 10.6 Å². The van der Waals surface area contributed by atoms with Crippen molar-refractivity contribution in [2.45, 2.75) is 19.9 Å². The van der Waals surface area contributed by atoms with E-state index in [0.717, 1.165) is 11.7 Å². The molecule has 0 amide bonds. The summed E-state index contributed by atoms with van der Waals surface area (Å²) < 4.78 is 0. The zero-order valence-corrected chi connectivity index (χ0v) is 6.59. The highest BCUT2D eigenvalue weighted by molar-refractivity contribution is 7.80. The second kappa shape index (κ2) is 2.52. The van der Waals surface area contributed by atoms with E-state index in [1.54, 1.807) is 0 Å². The van der Waals surface area contributed by atoms with Crippen LogP contribution in [-0.2, 0) is 0 Å². The van der Waals surface area contributed by atoms with Crippen LogP contribution in [0.2, 0.25) is 0 Å². The van der Waals surface area contributed by atoms with Gasteiger partial charge < -0.3 is 10.6 Å². The van der Waals surface area contributed by atoms with Crippen molar-refractivity contribution in [3.63, 3.8) is 0 Å². The van der Waals surface area contributed by atoms with Gasteiger partial charge in [0.1, 0.15) is 0 Å². The molecule has 0 aromatic carbocycles. The van der Waals surface area contributed by atoms with Crippen LogP contribution in [0, 0.1) is 5.92 Å². The Balaban J connectivity index is 2.44. The zero-order valence-electron chi connectivity index (χ0n) is 5.77. The quantitative estimate of drug-likeness (QED) is 0.484. The van der Waals surface area contributed by atoms with Gasteiger partial charge in [-0.2, -0.15) is 0 Å². The molecule has 2 atom stereocenters. The van der Waals surface area contributed by atoms with Gasteiger partial charge >= 0.3 is 0 Å². The lowest BCUT2D eigenvalue weighted by atomic mass is 10.0. The van der Waals surface area contributed by atoms with Gasteiger partial charge in [0.2, 0.25) is 0 Å². The molecule has 2 unspecified atom stereocenters. The van der Waals surface area contributed by atoms with E-state index >= 15 is 0 Å². The SMILES string of the molecule is CC1CNC(=S)NC1C. The summed E-state index contributed by atoms with van der Waals surface area (Å²) >= 11 is 4.91. The van der Waals surface area contributed by atoms with Gasteiger partial charge in [0.25, 0.3) is 0 Å². The van der Waals surface area contributed by atoms with Crippen LogP contribution in [0.3, 0.4) is 0 Å². The van der Waals surface area contributed by atoms with Crippen LogP contribution in [0.15, 0.2) is 0 Å². The Morgan fingerprint density at radius 3 is 2.67 bits per heavy atom. The molecule has 1 heterocycles. The number of rotatable bonds is 0. The van der Waals surface area contributed by atoms with Crippen LogP contribution in [0.25, 0.3) is 0 Å². The van der Waals surface area contributed by atoms with Gasteiger partial charge in [-0.25, -0.2) is 0 Å². The summed E-state index contributed by atoms with van der Waals surface area (Å²) in [4.78, 5) is 0. The minimum atomic E-state index is 0.527. The third-order valence-electron chi connectivity index (χ3n) is 1.80. The van der Waals surface area contributed by atoms with Crippen molar-refractivity contribution in [2.24, 2.45) is 5.92 Å². The Hall–Kier alpha value is -0.310. The predicted octanol–water partition coefficient (Wildman–Crippen LogP) is 0.489. The molecule has 0 aromatic heterocycles. The van der Waals surface area contributed by atoms with Crippen LogP contribution >= 0.6 is 12.2 Å². The van der Waals surface area contributed by atoms with Crippen LogP contribution in [0.4, 0.5) is 0 Å². The van der Waals surface area contributed by atoms with Gasteiger partial charge in [0, 0.05) is 12.6 Å². The minimum Gasteiger partial charge on any atom is -0.362 e. The van der Waals surface area contributed by atoms with Crippen molar-refractivity contribution in [3.8, 4) is 0 Å². The Bertz CT molecular complexity index is 124. The van der Waals surface area contributed by atoms with Crippen LogP contribution in [0.1, 0.15) is 13.8 Å². The third-order valence-corrected chi connectivity index (χ3v) is 2.06. The standard InChI is InChI=1S/C6H12N2S/c1-4-3-7-6(9)8-5(4)2/h4-5H,3H2,1-2H3,(H2,7,8,9).